The number of aliphatic carboxylic acids is 1. The first-order chi connectivity index (χ1) is 9.78. The summed E-state index contributed by atoms with van der Waals surface area (Å²) in [6, 6.07) is 1.83. The van der Waals surface area contributed by atoms with E-state index in [4.69, 9.17) is 0 Å². The number of carbonyl (C=O) groups excluding carboxylic acids is 1. The summed E-state index contributed by atoms with van der Waals surface area (Å²) in [7, 11) is 0. The van der Waals surface area contributed by atoms with Crippen LogP contribution in [0.25, 0.3) is 0 Å². The molecule has 0 saturated carbocycles. The molecule has 1 aromatic rings. The number of carbonyl (C=O) groups is 2. The standard InChI is InChI=1S/C15H23N3O3/c1-5-18-12(8-11(16-18)10(2)3)13(19)17-7-6-15(4,9-17)14(20)21/h8,10H,5-7,9H2,1-4H3,(H,20,21). The third-order valence-corrected chi connectivity index (χ3v) is 4.19. The number of carboxylic acids is 1. The van der Waals surface area contributed by atoms with Gasteiger partial charge in [0.2, 0.25) is 0 Å². The van der Waals surface area contributed by atoms with E-state index in [1.165, 1.54) is 0 Å². The van der Waals surface area contributed by atoms with Crippen molar-refractivity contribution in [2.75, 3.05) is 13.1 Å². The molecule has 1 fully saturated rings. The van der Waals surface area contributed by atoms with Gasteiger partial charge in [-0.25, -0.2) is 0 Å². The molecule has 1 saturated heterocycles. The average Bonchev–Trinajstić information content (AvgIpc) is 3.02. The normalized spacial score (nSPS) is 22.0. The van der Waals surface area contributed by atoms with Gasteiger partial charge in [0.25, 0.3) is 5.91 Å². The lowest BCUT2D eigenvalue weighted by Gasteiger charge is -2.20. The van der Waals surface area contributed by atoms with E-state index in [0.717, 1.165) is 5.69 Å². The number of likely N-dealkylation sites (tertiary alicyclic amines) is 1. The molecule has 0 bridgehead atoms. The number of hydrogen-bond acceptors (Lipinski definition) is 3. The zero-order valence-electron chi connectivity index (χ0n) is 13.1. The van der Waals surface area contributed by atoms with Crippen LogP contribution in [0.3, 0.4) is 0 Å². The molecule has 1 aliphatic heterocycles. The summed E-state index contributed by atoms with van der Waals surface area (Å²) in [4.78, 5) is 25.6. The molecule has 1 atom stereocenters. The van der Waals surface area contributed by atoms with Crippen molar-refractivity contribution in [2.24, 2.45) is 5.41 Å². The third kappa shape index (κ3) is 2.80. The fraction of sp³-hybridized carbons (Fsp3) is 0.667. The number of nitrogens with zero attached hydrogens (tertiary/aromatic N) is 3. The van der Waals surface area contributed by atoms with Crippen LogP contribution < -0.4 is 0 Å². The van der Waals surface area contributed by atoms with E-state index in [2.05, 4.69) is 5.10 Å². The van der Waals surface area contributed by atoms with Crippen molar-refractivity contribution in [3.8, 4) is 0 Å². The van der Waals surface area contributed by atoms with Crippen molar-refractivity contribution in [1.82, 2.24) is 14.7 Å². The Morgan fingerprint density at radius 1 is 1.48 bits per heavy atom. The van der Waals surface area contributed by atoms with Crippen molar-refractivity contribution in [1.29, 1.82) is 0 Å². The minimum atomic E-state index is -0.843. The SMILES string of the molecule is CCn1nc(C(C)C)cc1C(=O)N1CCC(C)(C(=O)O)C1. The molecule has 2 heterocycles. The highest BCUT2D eigenvalue weighted by Gasteiger charge is 2.42. The van der Waals surface area contributed by atoms with Crippen LogP contribution in [0, 0.1) is 5.41 Å². The van der Waals surface area contributed by atoms with Gasteiger partial charge in [-0.15, -0.1) is 0 Å². The maximum Gasteiger partial charge on any atom is 0.311 e. The van der Waals surface area contributed by atoms with Gasteiger partial charge in [0.1, 0.15) is 5.69 Å². The van der Waals surface area contributed by atoms with Gasteiger partial charge in [-0.2, -0.15) is 5.10 Å². The summed E-state index contributed by atoms with van der Waals surface area (Å²) in [6.07, 6.45) is 0.491. The van der Waals surface area contributed by atoms with E-state index in [1.807, 2.05) is 26.8 Å². The molecule has 1 amide bonds. The van der Waals surface area contributed by atoms with Gasteiger partial charge in [0, 0.05) is 19.6 Å². The molecule has 0 radical (unpaired) electrons. The topological polar surface area (TPSA) is 75.4 Å². The summed E-state index contributed by atoms with van der Waals surface area (Å²) in [6.45, 7) is 9.07. The van der Waals surface area contributed by atoms with Crippen LogP contribution in [0.4, 0.5) is 0 Å². The molecule has 2 rings (SSSR count). The van der Waals surface area contributed by atoms with E-state index in [1.54, 1.807) is 16.5 Å². The van der Waals surface area contributed by atoms with Crippen LogP contribution in [0.1, 0.15) is 56.2 Å². The van der Waals surface area contributed by atoms with Crippen molar-refractivity contribution < 1.29 is 14.7 Å². The Morgan fingerprint density at radius 3 is 2.62 bits per heavy atom. The smallest absolute Gasteiger partial charge is 0.311 e. The number of aromatic nitrogens is 2. The van der Waals surface area contributed by atoms with Gasteiger partial charge in [-0.1, -0.05) is 13.8 Å². The second-order valence-corrected chi connectivity index (χ2v) is 6.27. The zero-order chi connectivity index (χ0) is 15.8. The fourth-order valence-corrected chi connectivity index (χ4v) is 2.60. The van der Waals surface area contributed by atoms with Crippen molar-refractivity contribution >= 4 is 11.9 Å². The van der Waals surface area contributed by atoms with Gasteiger partial charge >= 0.3 is 5.97 Å². The lowest BCUT2D eigenvalue weighted by molar-refractivity contribution is -0.147. The van der Waals surface area contributed by atoms with Gasteiger partial charge in [0.05, 0.1) is 11.1 Å². The highest BCUT2D eigenvalue weighted by Crippen LogP contribution is 2.31. The molecule has 1 aromatic heterocycles. The van der Waals surface area contributed by atoms with E-state index in [9.17, 15) is 14.7 Å². The lowest BCUT2D eigenvalue weighted by Crippen LogP contribution is -2.35. The Morgan fingerprint density at radius 2 is 2.14 bits per heavy atom. The predicted octanol–water partition coefficient (Wildman–Crippen LogP) is 1.96. The Bertz CT molecular complexity index is 565. The molecule has 6 nitrogen and oxygen atoms in total. The lowest BCUT2D eigenvalue weighted by atomic mass is 9.90. The van der Waals surface area contributed by atoms with Gasteiger partial charge in [-0.3, -0.25) is 14.3 Å². The first kappa shape index (κ1) is 15.5. The van der Waals surface area contributed by atoms with Gasteiger partial charge < -0.3 is 10.0 Å². The molecule has 21 heavy (non-hydrogen) atoms. The monoisotopic (exact) mass is 293 g/mol. The first-order valence-electron chi connectivity index (χ1n) is 7.39. The average molecular weight is 293 g/mol. The summed E-state index contributed by atoms with van der Waals surface area (Å²) in [5, 5.41) is 13.7. The second kappa shape index (κ2) is 5.50. The maximum absolute atomic E-state index is 12.6. The van der Waals surface area contributed by atoms with Crippen LogP contribution in [0.2, 0.25) is 0 Å². The summed E-state index contributed by atoms with van der Waals surface area (Å²) >= 11 is 0. The number of hydrogen-bond donors (Lipinski definition) is 1. The molecule has 116 valence electrons. The molecule has 1 unspecified atom stereocenters. The molecular formula is C15H23N3O3. The van der Waals surface area contributed by atoms with E-state index >= 15 is 0 Å². The van der Waals surface area contributed by atoms with Crippen molar-refractivity contribution in [2.45, 2.75) is 46.6 Å². The molecule has 6 heteroatoms. The highest BCUT2D eigenvalue weighted by molar-refractivity contribution is 5.93. The van der Waals surface area contributed by atoms with Crippen molar-refractivity contribution in [3.05, 3.63) is 17.5 Å². The van der Waals surface area contributed by atoms with Crippen LogP contribution in [0.15, 0.2) is 6.07 Å². The third-order valence-electron chi connectivity index (χ3n) is 4.19. The van der Waals surface area contributed by atoms with Crippen LogP contribution in [-0.2, 0) is 11.3 Å². The second-order valence-electron chi connectivity index (χ2n) is 6.27. The Kier molecular flexibility index (Phi) is 4.07. The molecule has 0 aromatic carbocycles. The van der Waals surface area contributed by atoms with Crippen molar-refractivity contribution in [3.63, 3.8) is 0 Å². The molecular weight excluding hydrogens is 270 g/mol. The van der Waals surface area contributed by atoms with E-state index in [0.29, 0.717) is 25.2 Å². The Labute approximate surface area is 124 Å². The zero-order valence-corrected chi connectivity index (χ0v) is 13.1. The minimum absolute atomic E-state index is 0.124. The summed E-state index contributed by atoms with van der Waals surface area (Å²) < 4.78 is 1.70. The Balaban J connectivity index is 2.23. The van der Waals surface area contributed by atoms with Crippen LogP contribution in [0.5, 0.6) is 0 Å². The van der Waals surface area contributed by atoms with Crippen LogP contribution in [-0.4, -0.2) is 44.8 Å². The van der Waals surface area contributed by atoms with E-state index < -0.39 is 11.4 Å². The van der Waals surface area contributed by atoms with Crippen LogP contribution >= 0.6 is 0 Å². The van der Waals surface area contributed by atoms with Gasteiger partial charge in [0.15, 0.2) is 0 Å². The quantitative estimate of drug-likeness (QED) is 0.920. The van der Waals surface area contributed by atoms with E-state index in [-0.39, 0.29) is 18.4 Å². The largest absolute Gasteiger partial charge is 0.481 e. The Hall–Kier alpha value is -1.85. The molecule has 0 spiro atoms. The molecule has 1 aliphatic rings. The molecule has 1 N–H and O–H groups in total. The predicted molar refractivity (Wildman–Crippen MR) is 78.3 cm³/mol. The van der Waals surface area contributed by atoms with Gasteiger partial charge in [-0.05, 0) is 32.3 Å². The fourth-order valence-electron chi connectivity index (χ4n) is 2.60. The minimum Gasteiger partial charge on any atom is -0.481 e. The summed E-state index contributed by atoms with van der Waals surface area (Å²) in [5.41, 5.74) is 0.601. The number of amides is 1. The summed E-state index contributed by atoms with van der Waals surface area (Å²) in [5.74, 6) is -0.710. The maximum atomic E-state index is 12.6. The highest BCUT2D eigenvalue weighted by atomic mass is 16.4. The number of aryl methyl sites for hydroxylation is 1. The first-order valence-corrected chi connectivity index (χ1v) is 7.39. The number of rotatable bonds is 4. The number of carboxylic acid groups (broad SMARTS) is 1. The molecule has 0 aliphatic carbocycles.